The van der Waals surface area contributed by atoms with Gasteiger partial charge >= 0.3 is 0 Å². The molecule has 1 fully saturated rings. The van der Waals surface area contributed by atoms with E-state index in [1.165, 1.54) is 23.1 Å². The summed E-state index contributed by atoms with van der Waals surface area (Å²) in [6.07, 6.45) is 5.22. The Morgan fingerprint density at radius 1 is 1.43 bits per heavy atom. The minimum absolute atomic E-state index is 0.343. The Kier molecular flexibility index (Phi) is 4.48. The SMILES string of the molecule is C=C1CCC(C(C)(C)C)C/C1=C/c1[nH]c(C(C)O)cc1C. The third-order valence-corrected chi connectivity index (χ3v) is 4.78. The Morgan fingerprint density at radius 3 is 2.62 bits per heavy atom. The van der Waals surface area contributed by atoms with Gasteiger partial charge in [0.15, 0.2) is 0 Å². The Bertz CT molecular complexity index is 555. The molecule has 1 aromatic heterocycles. The maximum Gasteiger partial charge on any atom is 0.0909 e. The standard InChI is InChI=1S/C19H29NO/c1-12-7-8-16(19(4,5)6)10-15(12)11-17-13(2)9-18(20-17)14(3)21/h9,11,14,16,20-21H,1,7-8,10H2,2-6H3/b15-11-. The number of hydrogen-bond donors (Lipinski definition) is 2. The second-order valence-corrected chi connectivity index (χ2v) is 7.58. The van der Waals surface area contributed by atoms with Gasteiger partial charge in [-0.25, -0.2) is 0 Å². The highest BCUT2D eigenvalue weighted by Gasteiger charge is 2.29. The molecule has 2 N–H and O–H groups in total. The predicted octanol–water partition coefficient (Wildman–Crippen LogP) is 5.16. The van der Waals surface area contributed by atoms with Gasteiger partial charge in [-0.15, -0.1) is 0 Å². The van der Waals surface area contributed by atoms with Crippen molar-refractivity contribution in [3.05, 3.63) is 40.7 Å². The van der Waals surface area contributed by atoms with Gasteiger partial charge in [0.25, 0.3) is 0 Å². The smallest absolute Gasteiger partial charge is 0.0909 e. The summed E-state index contributed by atoms with van der Waals surface area (Å²) in [5, 5.41) is 9.70. The van der Waals surface area contributed by atoms with E-state index in [9.17, 15) is 5.11 Å². The Hall–Kier alpha value is -1.28. The van der Waals surface area contributed by atoms with Crippen molar-refractivity contribution < 1.29 is 5.11 Å². The Balaban J connectivity index is 2.28. The second-order valence-electron chi connectivity index (χ2n) is 7.58. The molecule has 2 nitrogen and oxygen atoms in total. The van der Waals surface area contributed by atoms with Crippen molar-refractivity contribution in [3.63, 3.8) is 0 Å². The lowest BCUT2D eigenvalue weighted by Gasteiger charge is -2.36. The minimum atomic E-state index is -0.451. The highest BCUT2D eigenvalue weighted by atomic mass is 16.3. The fourth-order valence-corrected chi connectivity index (χ4v) is 3.07. The monoisotopic (exact) mass is 287 g/mol. The fraction of sp³-hybridized carbons (Fsp3) is 0.579. The molecule has 0 aliphatic heterocycles. The van der Waals surface area contributed by atoms with E-state index in [0.717, 1.165) is 24.2 Å². The van der Waals surface area contributed by atoms with Gasteiger partial charge in [0.05, 0.1) is 6.10 Å². The van der Waals surface area contributed by atoms with E-state index in [0.29, 0.717) is 11.3 Å². The van der Waals surface area contributed by atoms with Crippen LogP contribution in [-0.4, -0.2) is 10.1 Å². The zero-order valence-electron chi connectivity index (χ0n) is 14.1. The van der Waals surface area contributed by atoms with Crippen LogP contribution in [0.3, 0.4) is 0 Å². The van der Waals surface area contributed by atoms with Crippen LogP contribution >= 0.6 is 0 Å². The lowest BCUT2D eigenvalue weighted by molar-refractivity contribution is 0.195. The molecule has 0 saturated heterocycles. The normalized spacial score (nSPS) is 23.6. The number of aromatic nitrogens is 1. The lowest BCUT2D eigenvalue weighted by atomic mass is 9.69. The van der Waals surface area contributed by atoms with Crippen LogP contribution in [0.25, 0.3) is 6.08 Å². The van der Waals surface area contributed by atoms with Gasteiger partial charge in [0.2, 0.25) is 0 Å². The van der Waals surface area contributed by atoms with Crippen LogP contribution in [0.15, 0.2) is 23.8 Å². The maximum atomic E-state index is 9.70. The maximum absolute atomic E-state index is 9.70. The first-order chi connectivity index (χ1) is 9.68. The van der Waals surface area contributed by atoms with Crippen LogP contribution in [0.5, 0.6) is 0 Å². The molecule has 2 unspecified atom stereocenters. The summed E-state index contributed by atoms with van der Waals surface area (Å²) in [6.45, 7) is 15.1. The molecule has 0 aromatic carbocycles. The number of H-pyrrole nitrogens is 1. The highest BCUT2D eigenvalue weighted by molar-refractivity contribution is 5.59. The molecule has 21 heavy (non-hydrogen) atoms. The van der Waals surface area contributed by atoms with E-state index in [2.05, 4.69) is 45.3 Å². The van der Waals surface area contributed by atoms with E-state index in [1.54, 1.807) is 6.92 Å². The molecule has 0 spiro atoms. The van der Waals surface area contributed by atoms with Gasteiger partial charge in [0.1, 0.15) is 0 Å². The first-order valence-corrected chi connectivity index (χ1v) is 7.94. The quantitative estimate of drug-likeness (QED) is 0.774. The van der Waals surface area contributed by atoms with Crippen LogP contribution in [0.1, 0.15) is 70.0 Å². The molecule has 1 aliphatic rings. The number of aromatic amines is 1. The zero-order valence-corrected chi connectivity index (χ0v) is 14.1. The molecule has 0 bridgehead atoms. The number of aryl methyl sites for hydroxylation is 1. The Morgan fingerprint density at radius 2 is 2.10 bits per heavy atom. The molecule has 0 radical (unpaired) electrons. The fourth-order valence-electron chi connectivity index (χ4n) is 3.07. The topological polar surface area (TPSA) is 36.0 Å². The van der Waals surface area contributed by atoms with Gasteiger partial charge < -0.3 is 10.1 Å². The van der Waals surface area contributed by atoms with Crippen LogP contribution in [0, 0.1) is 18.3 Å². The van der Waals surface area contributed by atoms with E-state index in [-0.39, 0.29) is 0 Å². The average Bonchev–Trinajstić information content (AvgIpc) is 2.72. The molecule has 116 valence electrons. The summed E-state index contributed by atoms with van der Waals surface area (Å²) in [7, 11) is 0. The summed E-state index contributed by atoms with van der Waals surface area (Å²) in [6, 6.07) is 2.03. The van der Waals surface area contributed by atoms with Crippen molar-refractivity contribution in [1.82, 2.24) is 4.98 Å². The largest absolute Gasteiger partial charge is 0.387 e. The first kappa shape index (κ1) is 16.1. The summed E-state index contributed by atoms with van der Waals surface area (Å²) >= 11 is 0. The van der Waals surface area contributed by atoms with Crippen molar-refractivity contribution in [3.8, 4) is 0 Å². The third-order valence-electron chi connectivity index (χ3n) is 4.78. The van der Waals surface area contributed by atoms with Crippen molar-refractivity contribution >= 4 is 6.08 Å². The van der Waals surface area contributed by atoms with E-state index < -0.39 is 6.10 Å². The molecule has 2 atom stereocenters. The molecule has 2 rings (SSSR count). The summed E-state index contributed by atoms with van der Waals surface area (Å²) in [4.78, 5) is 3.33. The van der Waals surface area contributed by atoms with Crippen LogP contribution in [0.4, 0.5) is 0 Å². The number of nitrogens with one attached hydrogen (secondary N) is 1. The second kappa shape index (κ2) is 5.84. The molecular formula is C19H29NO. The van der Waals surface area contributed by atoms with Crippen LogP contribution in [0.2, 0.25) is 0 Å². The van der Waals surface area contributed by atoms with Gasteiger partial charge in [-0.05, 0) is 67.7 Å². The Labute approximate surface area is 129 Å². The number of aliphatic hydroxyl groups excluding tert-OH is 1. The molecule has 1 aromatic rings. The molecule has 1 saturated carbocycles. The van der Waals surface area contributed by atoms with Crippen molar-refractivity contribution in [2.24, 2.45) is 11.3 Å². The number of rotatable bonds is 2. The summed E-state index contributed by atoms with van der Waals surface area (Å²) < 4.78 is 0. The predicted molar refractivity (Wildman–Crippen MR) is 90.1 cm³/mol. The van der Waals surface area contributed by atoms with Crippen molar-refractivity contribution in [2.75, 3.05) is 0 Å². The number of hydrogen-bond acceptors (Lipinski definition) is 1. The van der Waals surface area contributed by atoms with Gasteiger partial charge in [-0.1, -0.05) is 32.9 Å². The lowest BCUT2D eigenvalue weighted by Crippen LogP contribution is -2.24. The van der Waals surface area contributed by atoms with Crippen molar-refractivity contribution in [1.29, 1.82) is 0 Å². The van der Waals surface area contributed by atoms with E-state index in [1.807, 2.05) is 6.07 Å². The van der Waals surface area contributed by atoms with E-state index in [4.69, 9.17) is 0 Å². The number of allylic oxidation sites excluding steroid dienone is 2. The highest BCUT2D eigenvalue weighted by Crippen LogP contribution is 2.42. The molecule has 1 heterocycles. The third kappa shape index (κ3) is 3.68. The van der Waals surface area contributed by atoms with Gasteiger partial charge in [-0.3, -0.25) is 0 Å². The zero-order chi connectivity index (χ0) is 15.8. The molecule has 1 aliphatic carbocycles. The van der Waals surface area contributed by atoms with E-state index >= 15 is 0 Å². The molecular weight excluding hydrogens is 258 g/mol. The van der Waals surface area contributed by atoms with Crippen LogP contribution in [-0.2, 0) is 0 Å². The molecule has 0 amide bonds. The van der Waals surface area contributed by atoms with Gasteiger partial charge in [0, 0.05) is 11.4 Å². The number of aliphatic hydroxyl groups is 1. The summed E-state index contributed by atoms with van der Waals surface area (Å²) in [5.41, 5.74) is 6.15. The van der Waals surface area contributed by atoms with Crippen LogP contribution < -0.4 is 0 Å². The molecule has 2 heteroatoms. The minimum Gasteiger partial charge on any atom is -0.387 e. The van der Waals surface area contributed by atoms with Crippen molar-refractivity contribution in [2.45, 2.75) is 60.0 Å². The first-order valence-electron chi connectivity index (χ1n) is 7.94. The average molecular weight is 287 g/mol. The van der Waals surface area contributed by atoms with Gasteiger partial charge in [-0.2, -0.15) is 0 Å². The summed E-state index contributed by atoms with van der Waals surface area (Å²) in [5.74, 6) is 0.709.